The normalized spacial score (nSPS) is 21.2. The fourth-order valence-corrected chi connectivity index (χ4v) is 4.93. The highest BCUT2D eigenvalue weighted by atomic mass is 32.2. The van der Waals surface area contributed by atoms with E-state index in [2.05, 4.69) is 14.5 Å². The van der Waals surface area contributed by atoms with Crippen LogP contribution in [0, 0.1) is 5.92 Å². The first-order valence-corrected chi connectivity index (χ1v) is 11.4. The van der Waals surface area contributed by atoms with Crippen molar-refractivity contribution < 1.29 is 22.4 Å². The number of carbonyl (C=O) groups is 1. The fourth-order valence-electron chi connectivity index (χ4n) is 4.40. The molecule has 0 saturated carbocycles. The number of carbonyl (C=O) groups excluding carboxylic acids is 1. The van der Waals surface area contributed by atoms with Crippen LogP contribution in [0.1, 0.15) is 41.0 Å². The van der Waals surface area contributed by atoms with Gasteiger partial charge in [-0.3, -0.25) is 9.89 Å². The summed E-state index contributed by atoms with van der Waals surface area (Å²) in [5, 5.41) is 7.25. The first kappa shape index (κ1) is 22.1. The van der Waals surface area contributed by atoms with Crippen molar-refractivity contribution in [2.45, 2.75) is 38.4 Å². The van der Waals surface area contributed by atoms with Gasteiger partial charge in [0, 0.05) is 49.4 Å². The molecule has 1 aromatic heterocycles. The van der Waals surface area contributed by atoms with Crippen LogP contribution in [-0.2, 0) is 13.0 Å². The summed E-state index contributed by atoms with van der Waals surface area (Å²) >= 11 is 1.63. The molecule has 2 aliphatic heterocycles. The van der Waals surface area contributed by atoms with Crippen molar-refractivity contribution >= 4 is 17.9 Å². The Labute approximate surface area is 182 Å². The topological polar surface area (TPSA) is 52.2 Å². The quantitative estimate of drug-likeness (QED) is 0.535. The number of alkyl halides is 3. The van der Waals surface area contributed by atoms with Gasteiger partial charge in [-0.15, -0.1) is 0 Å². The predicted octanol–water partition coefficient (Wildman–Crippen LogP) is 4.57. The van der Waals surface area contributed by atoms with Gasteiger partial charge in [-0.05, 0) is 43.6 Å². The zero-order chi connectivity index (χ0) is 22.2. The van der Waals surface area contributed by atoms with E-state index >= 15 is 0 Å². The average Bonchev–Trinajstić information content (AvgIpc) is 3.06. The highest BCUT2D eigenvalue weighted by molar-refractivity contribution is 7.96. The van der Waals surface area contributed by atoms with Gasteiger partial charge < -0.3 is 4.90 Å². The van der Waals surface area contributed by atoms with Gasteiger partial charge in [-0.1, -0.05) is 23.6 Å². The van der Waals surface area contributed by atoms with Gasteiger partial charge >= 0.3 is 6.18 Å². The number of fused-ring (bicyclic) bond motifs is 1. The highest BCUT2D eigenvalue weighted by Gasteiger charge is 2.37. The lowest BCUT2D eigenvalue weighted by atomic mass is 9.85. The smallest absolute Gasteiger partial charge is 0.337 e. The van der Waals surface area contributed by atoms with Crippen molar-refractivity contribution in [2.75, 3.05) is 25.9 Å². The zero-order valence-electron chi connectivity index (χ0n) is 17.1. The molecular formula is C21H24F4N4OS. The molecule has 0 bridgehead atoms. The second-order valence-corrected chi connectivity index (χ2v) is 8.91. The highest BCUT2D eigenvalue weighted by Crippen LogP contribution is 2.38. The maximum atomic E-state index is 13.7. The van der Waals surface area contributed by atoms with E-state index in [1.807, 2.05) is 6.26 Å². The number of nitrogens with one attached hydrogen (secondary N) is 1. The van der Waals surface area contributed by atoms with Gasteiger partial charge in [0.2, 0.25) is 0 Å². The number of halogens is 4. The Morgan fingerprint density at radius 2 is 1.97 bits per heavy atom. The third-order valence-electron chi connectivity index (χ3n) is 6.19. The Morgan fingerprint density at radius 1 is 1.23 bits per heavy atom. The molecule has 0 unspecified atom stereocenters. The summed E-state index contributed by atoms with van der Waals surface area (Å²) in [7, 11) is 0. The van der Waals surface area contributed by atoms with Crippen LogP contribution in [0.4, 0.5) is 17.6 Å². The number of nitrogens with zero attached hydrogens (tertiary/aromatic N) is 3. The summed E-state index contributed by atoms with van der Waals surface area (Å²) in [5.74, 6) is -1.15. The van der Waals surface area contributed by atoms with Gasteiger partial charge in [-0.25, -0.2) is 8.70 Å². The van der Waals surface area contributed by atoms with Crippen molar-refractivity contribution in [3.05, 3.63) is 52.2 Å². The summed E-state index contributed by atoms with van der Waals surface area (Å²) in [6.45, 7) is 2.42. The summed E-state index contributed by atoms with van der Waals surface area (Å²) in [5.41, 5.74) is 2.06. The van der Waals surface area contributed by atoms with E-state index in [1.54, 1.807) is 16.8 Å². The Balaban J connectivity index is 1.42. The Morgan fingerprint density at radius 3 is 2.65 bits per heavy atom. The lowest BCUT2D eigenvalue weighted by molar-refractivity contribution is -0.0934. The molecular weight excluding hydrogens is 432 g/mol. The number of rotatable bonds is 3. The maximum absolute atomic E-state index is 13.7. The third-order valence-corrected chi connectivity index (χ3v) is 7.02. The summed E-state index contributed by atoms with van der Waals surface area (Å²) < 4.78 is 55.4. The van der Waals surface area contributed by atoms with Crippen LogP contribution < -0.4 is 0 Å². The molecule has 3 heterocycles. The monoisotopic (exact) mass is 456 g/mol. The molecule has 5 nitrogen and oxygen atoms in total. The van der Waals surface area contributed by atoms with Crippen molar-refractivity contribution in [2.24, 2.45) is 5.92 Å². The van der Waals surface area contributed by atoms with Crippen LogP contribution in [0.5, 0.6) is 0 Å². The minimum absolute atomic E-state index is 0.114. The number of hydrogen-bond acceptors (Lipinski definition) is 4. The minimum Gasteiger partial charge on any atom is -0.337 e. The molecule has 1 aromatic rings. The number of amides is 1. The van der Waals surface area contributed by atoms with Crippen LogP contribution in [0.15, 0.2) is 35.2 Å². The molecule has 31 heavy (non-hydrogen) atoms. The molecule has 0 aromatic carbocycles. The van der Waals surface area contributed by atoms with Crippen molar-refractivity contribution in [1.82, 2.24) is 19.4 Å². The number of H-pyrrole nitrogens is 1. The summed E-state index contributed by atoms with van der Waals surface area (Å²) in [6, 6.07) is 0. The molecule has 0 radical (unpaired) electrons. The van der Waals surface area contributed by atoms with Crippen LogP contribution >= 0.6 is 11.9 Å². The number of hydrogen-bond donors (Lipinski definition) is 1. The average molecular weight is 457 g/mol. The first-order chi connectivity index (χ1) is 14.8. The zero-order valence-corrected chi connectivity index (χ0v) is 18.0. The molecule has 1 saturated heterocycles. The van der Waals surface area contributed by atoms with Gasteiger partial charge in [0.1, 0.15) is 5.83 Å². The summed E-state index contributed by atoms with van der Waals surface area (Å²) in [6.07, 6.45) is 2.15. The molecule has 168 valence electrons. The molecule has 4 rings (SSSR count). The lowest BCUT2D eigenvalue weighted by Crippen LogP contribution is -2.40. The number of aromatic nitrogens is 2. The van der Waals surface area contributed by atoms with Gasteiger partial charge in [0.05, 0.1) is 0 Å². The molecule has 10 heteroatoms. The van der Waals surface area contributed by atoms with E-state index < -0.39 is 17.6 Å². The SMILES string of the molecule is CSN1CCc2[nH]nc(C(=O)N3CCC(C4=CC=C(F)C=C(C(F)(F)F)C4)CC3)c2C1. The fraction of sp³-hybridized carbons (Fsp3) is 0.524. The van der Waals surface area contributed by atoms with Crippen LogP contribution in [0.2, 0.25) is 0 Å². The number of allylic oxidation sites excluding steroid dienone is 6. The molecule has 1 fully saturated rings. The summed E-state index contributed by atoms with van der Waals surface area (Å²) in [4.78, 5) is 14.8. The number of likely N-dealkylation sites (tertiary alicyclic amines) is 1. The lowest BCUT2D eigenvalue weighted by Gasteiger charge is -2.33. The van der Waals surface area contributed by atoms with Gasteiger partial charge in [-0.2, -0.15) is 18.3 Å². The van der Waals surface area contributed by atoms with Crippen molar-refractivity contribution in [1.29, 1.82) is 0 Å². The number of aromatic amines is 1. The van der Waals surface area contributed by atoms with E-state index in [4.69, 9.17) is 0 Å². The molecule has 1 aliphatic carbocycles. The predicted molar refractivity (Wildman–Crippen MR) is 111 cm³/mol. The molecule has 1 N–H and O–H groups in total. The first-order valence-electron chi connectivity index (χ1n) is 10.2. The van der Waals surface area contributed by atoms with Crippen LogP contribution in [0.3, 0.4) is 0 Å². The van der Waals surface area contributed by atoms with E-state index in [1.165, 1.54) is 6.08 Å². The van der Waals surface area contributed by atoms with Crippen molar-refractivity contribution in [3.8, 4) is 0 Å². The number of piperidine rings is 1. The van der Waals surface area contributed by atoms with Crippen LogP contribution in [0.25, 0.3) is 0 Å². The van der Waals surface area contributed by atoms with E-state index in [-0.39, 0.29) is 18.2 Å². The van der Waals surface area contributed by atoms with E-state index in [9.17, 15) is 22.4 Å². The molecule has 0 atom stereocenters. The third kappa shape index (κ3) is 4.74. The Hall–Kier alpha value is -2.07. The second kappa shape index (κ2) is 8.82. The van der Waals surface area contributed by atoms with Crippen LogP contribution in [-0.4, -0.2) is 57.4 Å². The van der Waals surface area contributed by atoms with E-state index in [0.29, 0.717) is 49.8 Å². The second-order valence-electron chi connectivity index (χ2n) is 8.03. The molecule has 0 spiro atoms. The standard InChI is InChI=1S/C21H24F4N4OS/c1-31-29-9-6-18-17(12-29)19(27-26-18)20(30)28-7-4-13(5-8-28)14-2-3-16(22)11-15(10-14)21(23,24)25/h2-3,11,13H,4-10,12H2,1H3,(H,26,27). The van der Waals surface area contributed by atoms with Gasteiger partial charge in [0.15, 0.2) is 5.69 Å². The van der Waals surface area contributed by atoms with Crippen molar-refractivity contribution in [3.63, 3.8) is 0 Å². The minimum atomic E-state index is -4.56. The Kier molecular flexibility index (Phi) is 6.30. The Bertz CT molecular complexity index is 942. The molecule has 3 aliphatic rings. The molecule has 1 amide bonds. The van der Waals surface area contributed by atoms with E-state index in [0.717, 1.165) is 30.3 Å². The largest absolute Gasteiger partial charge is 0.413 e. The maximum Gasteiger partial charge on any atom is 0.413 e. The van der Waals surface area contributed by atoms with Gasteiger partial charge in [0.25, 0.3) is 5.91 Å².